The third-order valence-electron chi connectivity index (χ3n) is 4.02. The molecule has 0 bridgehead atoms. The largest absolute Gasteiger partial charge is 0.313 e. The molecule has 0 saturated heterocycles. The van der Waals surface area contributed by atoms with Gasteiger partial charge in [-0.3, -0.25) is 0 Å². The Hall–Kier alpha value is -1.31. The van der Waals surface area contributed by atoms with Gasteiger partial charge in [0, 0.05) is 17.1 Å². The van der Waals surface area contributed by atoms with Gasteiger partial charge in [-0.1, -0.05) is 68.8 Å². The maximum atomic E-state index is 6.44. The highest BCUT2D eigenvalue weighted by Gasteiger charge is 2.07. The van der Waals surface area contributed by atoms with Crippen LogP contribution in [0.5, 0.6) is 0 Å². The van der Waals surface area contributed by atoms with Crippen LogP contribution < -0.4 is 5.32 Å². The number of benzene rings is 2. The van der Waals surface area contributed by atoms with Crippen molar-refractivity contribution in [3.8, 4) is 11.1 Å². The molecule has 2 aromatic rings. The summed E-state index contributed by atoms with van der Waals surface area (Å²) in [7, 11) is 0. The summed E-state index contributed by atoms with van der Waals surface area (Å²) in [5.41, 5.74) is 4.90. The van der Waals surface area contributed by atoms with E-state index in [0.29, 0.717) is 5.92 Å². The number of nitrogens with one attached hydrogen (secondary N) is 1. The van der Waals surface area contributed by atoms with Gasteiger partial charge in [-0.05, 0) is 41.6 Å². The van der Waals surface area contributed by atoms with E-state index >= 15 is 0 Å². The predicted octanol–water partition coefficient (Wildman–Crippen LogP) is 5.63. The van der Waals surface area contributed by atoms with Crippen LogP contribution in [0.3, 0.4) is 0 Å². The summed E-state index contributed by atoms with van der Waals surface area (Å²) in [6.45, 7) is 8.42. The Morgan fingerprint density at radius 2 is 1.76 bits per heavy atom. The second-order valence-electron chi connectivity index (χ2n) is 5.53. The quantitative estimate of drug-likeness (QED) is 0.729. The van der Waals surface area contributed by atoms with Gasteiger partial charge in [0.05, 0.1) is 0 Å². The Bertz CT molecular complexity index is 575. The lowest BCUT2D eigenvalue weighted by Crippen LogP contribution is -2.11. The molecular weight excluding hydrogens is 278 g/mol. The predicted molar refractivity (Wildman–Crippen MR) is 93.0 cm³/mol. The number of hydrogen-bond acceptors (Lipinski definition) is 1. The Balaban J connectivity index is 2.21. The van der Waals surface area contributed by atoms with E-state index in [4.69, 9.17) is 11.6 Å². The molecule has 0 heterocycles. The van der Waals surface area contributed by atoms with Gasteiger partial charge in [0.2, 0.25) is 0 Å². The molecule has 0 saturated carbocycles. The fraction of sp³-hybridized carbons (Fsp3) is 0.368. The highest BCUT2D eigenvalue weighted by molar-refractivity contribution is 6.33. The third kappa shape index (κ3) is 4.09. The first-order chi connectivity index (χ1) is 10.2. The lowest BCUT2D eigenvalue weighted by atomic mass is 9.95. The molecule has 2 heteroatoms. The first-order valence-electron chi connectivity index (χ1n) is 7.75. The Morgan fingerprint density at radius 1 is 1.05 bits per heavy atom. The van der Waals surface area contributed by atoms with E-state index in [-0.39, 0.29) is 0 Å². The first kappa shape index (κ1) is 16.1. The van der Waals surface area contributed by atoms with Crippen molar-refractivity contribution in [1.29, 1.82) is 0 Å². The molecule has 1 unspecified atom stereocenters. The fourth-order valence-electron chi connectivity index (χ4n) is 2.40. The van der Waals surface area contributed by atoms with Crippen LogP contribution in [0, 0.1) is 0 Å². The maximum absolute atomic E-state index is 6.44. The molecular formula is C19H24ClN. The molecule has 2 aromatic carbocycles. The minimum absolute atomic E-state index is 0.608. The van der Waals surface area contributed by atoms with Gasteiger partial charge in [0.25, 0.3) is 0 Å². The molecule has 0 amide bonds. The molecule has 0 fully saturated rings. The summed E-state index contributed by atoms with van der Waals surface area (Å²) in [6.07, 6.45) is 1.17. The molecule has 0 spiro atoms. The van der Waals surface area contributed by atoms with Gasteiger partial charge in [-0.25, -0.2) is 0 Å². The first-order valence-corrected chi connectivity index (χ1v) is 8.13. The number of halogens is 1. The van der Waals surface area contributed by atoms with Crippen molar-refractivity contribution in [2.45, 2.75) is 39.7 Å². The number of rotatable bonds is 6. The van der Waals surface area contributed by atoms with E-state index in [1.807, 2.05) is 0 Å². The zero-order chi connectivity index (χ0) is 15.2. The van der Waals surface area contributed by atoms with E-state index in [1.54, 1.807) is 0 Å². The highest BCUT2D eigenvalue weighted by atomic mass is 35.5. The van der Waals surface area contributed by atoms with Crippen LogP contribution in [0.25, 0.3) is 11.1 Å². The standard InChI is InChI=1S/C19H24ClN/c1-4-14(3)16-7-9-17(10-8-16)18-11-6-15(12-19(18)20)13-21-5-2/h6-12,14,21H,4-5,13H2,1-3H3. The van der Waals surface area contributed by atoms with Crippen molar-refractivity contribution in [1.82, 2.24) is 5.32 Å². The minimum Gasteiger partial charge on any atom is -0.313 e. The SMILES string of the molecule is CCNCc1ccc(-c2ccc(C(C)CC)cc2)c(Cl)c1. The monoisotopic (exact) mass is 301 g/mol. The van der Waals surface area contributed by atoms with Crippen LogP contribution in [-0.4, -0.2) is 6.54 Å². The lowest BCUT2D eigenvalue weighted by Gasteiger charge is -2.11. The normalized spacial score (nSPS) is 12.4. The van der Waals surface area contributed by atoms with E-state index in [0.717, 1.165) is 23.7 Å². The van der Waals surface area contributed by atoms with Gasteiger partial charge in [0.15, 0.2) is 0 Å². The van der Waals surface area contributed by atoms with Crippen LogP contribution in [0.2, 0.25) is 5.02 Å². The Labute approximate surface area is 133 Å². The van der Waals surface area contributed by atoms with Gasteiger partial charge in [-0.2, -0.15) is 0 Å². The van der Waals surface area contributed by atoms with Gasteiger partial charge < -0.3 is 5.32 Å². The van der Waals surface area contributed by atoms with E-state index in [9.17, 15) is 0 Å². The van der Waals surface area contributed by atoms with Crippen LogP contribution in [0.4, 0.5) is 0 Å². The molecule has 0 radical (unpaired) electrons. The molecule has 112 valence electrons. The molecule has 0 aliphatic heterocycles. The summed E-state index contributed by atoms with van der Waals surface area (Å²) in [4.78, 5) is 0. The second kappa shape index (κ2) is 7.63. The van der Waals surface area contributed by atoms with Crippen LogP contribution in [0.15, 0.2) is 42.5 Å². The van der Waals surface area contributed by atoms with Crippen molar-refractivity contribution in [2.24, 2.45) is 0 Å². The van der Waals surface area contributed by atoms with Crippen molar-refractivity contribution in [2.75, 3.05) is 6.54 Å². The van der Waals surface area contributed by atoms with Crippen molar-refractivity contribution >= 4 is 11.6 Å². The van der Waals surface area contributed by atoms with Gasteiger partial charge in [0.1, 0.15) is 0 Å². The van der Waals surface area contributed by atoms with Gasteiger partial charge >= 0.3 is 0 Å². The van der Waals surface area contributed by atoms with Crippen LogP contribution >= 0.6 is 11.6 Å². The molecule has 1 nitrogen and oxygen atoms in total. The minimum atomic E-state index is 0.608. The second-order valence-corrected chi connectivity index (χ2v) is 5.93. The zero-order valence-electron chi connectivity index (χ0n) is 13.1. The topological polar surface area (TPSA) is 12.0 Å². The summed E-state index contributed by atoms with van der Waals surface area (Å²) < 4.78 is 0. The summed E-state index contributed by atoms with van der Waals surface area (Å²) in [5.74, 6) is 0.608. The fourth-order valence-corrected chi connectivity index (χ4v) is 2.71. The van der Waals surface area contributed by atoms with Gasteiger partial charge in [-0.15, -0.1) is 0 Å². The molecule has 1 atom stereocenters. The van der Waals surface area contributed by atoms with Crippen molar-refractivity contribution in [3.63, 3.8) is 0 Å². The van der Waals surface area contributed by atoms with Crippen molar-refractivity contribution < 1.29 is 0 Å². The molecule has 1 N–H and O–H groups in total. The van der Waals surface area contributed by atoms with E-state index in [1.165, 1.54) is 23.1 Å². The number of hydrogen-bond donors (Lipinski definition) is 1. The summed E-state index contributed by atoms with van der Waals surface area (Å²) >= 11 is 6.44. The molecule has 0 aliphatic carbocycles. The zero-order valence-corrected chi connectivity index (χ0v) is 13.9. The van der Waals surface area contributed by atoms with E-state index in [2.05, 4.69) is 68.6 Å². The lowest BCUT2D eigenvalue weighted by molar-refractivity contribution is 0.727. The summed E-state index contributed by atoms with van der Waals surface area (Å²) in [6, 6.07) is 15.1. The smallest absolute Gasteiger partial charge is 0.0487 e. The van der Waals surface area contributed by atoms with Crippen molar-refractivity contribution in [3.05, 3.63) is 58.6 Å². The van der Waals surface area contributed by atoms with Crippen LogP contribution in [0.1, 0.15) is 44.2 Å². The highest BCUT2D eigenvalue weighted by Crippen LogP contribution is 2.30. The van der Waals surface area contributed by atoms with E-state index < -0.39 is 0 Å². The molecule has 0 aromatic heterocycles. The molecule has 2 rings (SSSR count). The third-order valence-corrected chi connectivity index (χ3v) is 4.33. The Morgan fingerprint density at radius 3 is 2.33 bits per heavy atom. The average Bonchev–Trinajstić information content (AvgIpc) is 2.52. The molecule has 21 heavy (non-hydrogen) atoms. The summed E-state index contributed by atoms with van der Waals surface area (Å²) in [5, 5.41) is 4.14. The maximum Gasteiger partial charge on any atom is 0.0487 e. The van der Waals surface area contributed by atoms with Crippen LogP contribution in [-0.2, 0) is 6.54 Å². The average molecular weight is 302 g/mol. The Kier molecular flexibility index (Phi) is 5.84. The molecule has 0 aliphatic rings.